The Morgan fingerprint density at radius 3 is 2.67 bits per heavy atom. The molecule has 0 aliphatic heterocycles. The van der Waals surface area contributed by atoms with Crippen LogP contribution < -0.4 is 0 Å². The lowest BCUT2D eigenvalue weighted by Crippen LogP contribution is -1.92. The van der Waals surface area contributed by atoms with Crippen molar-refractivity contribution in [1.82, 2.24) is 0 Å². The number of aldehydes is 1. The average molecular weight is 184 g/mol. The molecule has 1 aromatic rings. The summed E-state index contributed by atoms with van der Waals surface area (Å²) < 4.78 is 13.1. The number of carbonyl (C=O) groups is 1. The van der Waals surface area contributed by atoms with Gasteiger partial charge in [0.25, 0.3) is 0 Å². The Hall–Kier alpha value is -0.830. The third kappa shape index (κ3) is 1.67. The monoisotopic (exact) mass is 184 g/mol. The summed E-state index contributed by atoms with van der Waals surface area (Å²) in [5, 5.41) is 0. The van der Waals surface area contributed by atoms with E-state index in [2.05, 4.69) is 0 Å². The lowest BCUT2D eigenvalue weighted by atomic mass is 10.1. The lowest BCUT2D eigenvalue weighted by Gasteiger charge is -2.03. The predicted molar refractivity (Wildman–Crippen MR) is 48.3 cm³/mol. The molecule has 0 atom stereocenters. The molecule has 0 radical (unpaired) electrons. The Morgan fingerprint density at radius 2 is 2.17 bits per heavy atom. The minimum Gasteiger partial charge on any atom is -0.298 e. The Bertz CT molecular complexity index is 310. The van der Waals surface area contributed by atoms with Crippen molar-refractivity contribution in [3.8, 4) is 0 Å². The molecule has 0 bridgehead atoms. The number of carbonyl (C=O) groups excluding carboxylic acids is 1. The fraction of sp³-hybridized carbons (Fsp3) is 0.222. The van der Waals surface area contributed by atoms with Gasteiger partial charge in [0.15, 0.2) is 6.29 Å². The van der Waals surface area contributed by atoms with E-state index in [0.29, 0.717) is 11.2 Å². The molecule has 1 aromatic carbocycles. The van der Waals surface area contributed by atoms with Gasteiger partial charge in [-0.2, -0.15) is 0 Å². The van der Waals surface area contributed by atoms with Gasteiger partial charge in [-0.3, -0.25) is 4.79 Å². The highest BCUT2D eigenvalue weighted by atomic mass is 32.2. The van der Waals surface area contributed by atoms with Crippen LogP contribution in [0.4, 0.5) is 4.39 Å². The Balaban J connectivity index is 3.33. The van der Waals surface area contributed by atoms with Crippen LogP contribution in [0.1, 0.15) is 15.9 Å². The lowest BCUT2D eigenvalue weighted by molar-refractivity contribution is 0.111. The second kappa shape index (κ2) is 3.72. The van der Waals surface area contributed by atoms with Crippen LogP contribution >= 0.6 is 11.8 Å². The Morgan fingerprint density at radius 1 is 1.50 bits per heavy atom. The van der Waals surface area contributed by atoms with Gasteiger partial charge in [-0.15, -0.1) is 11.8 Å². The smallest absolute Gasteiger partial charge is 0.154 e. The molecule has 0 saturated heterocycles. The normalized spacial score (nSPS) is 9.92. The van der Waals surface area contributed by atoms with E-state index in [1.807, 2.05) is 6.26 Å². The van der Waals surface area contributed by atoms with E-state index in [4.69, 9.17) is 0 Å². The summed E-state index contributed by atoms with van der Waals surface area (Å²) in [6.45, 7) is 1.80. The van der Waals surface area contributed by atoms with Gasteiger partial charge in [0, 0.05) is 4.90 Å². The summed E-state index contributed by atoms with van der Waals surface area (Å²) in [5.41, 5.74) is 0.996. The van der Waals surface area contributed by atoms with Crippen molar-refractivity contribution >= 4 is 18.0 Å². The van der Waals surface area contributed by atoms with Crippen molar-refractivity contribution in [1.29, 1.82) is 0 Å². The molecule has 0 saturated carbocycles. The first-order chi connectivity index (χ1) is 5.69. The van der Waals surface area contributed by atoms with Crippen LogP contribution in [0, 0.1) is 12.7 Å². The molecule has 0 amide bonds. The summed E-state index contributed by atoms with van der Waals surface area (Å²) in [5.74, 6) is -0.436. The van der Waals surface area contributed by atoms with Crippen molar-refractivity contribution in [2.24, 2.45) is 0 Å². The number of hydrogen-bond donors (Lipinski definition) is 0. The summed E-state index contributed by atoms with van der Waals surface area (Å²) in [6.07, 6.45) is 2.38. The van der Waals surface area contributed by atoms with E-state index in [9.17, 15) is 9.18 Å². The zero-order valence-corrected chi connectivity index (χ0v) is 7.74. The third-order valence-corrected chi connectivity index (χ3v) is 2.35. The number of halogens is 1. The van der Waals surface area contributed by atoms with Crippen molar-refractivity contribution in [3.63, 3.8) is 0 Å². The third-order valence-electron chi connectivity index (χ3n) is 1.57. The van der Waals surface area contributed by atoms with Gasteiger partial charge in [-0.1, -0.05) is 0 Å². The maximum Gasteiger partial charge on any atom is 0.154 e. The van der Waals surface area contributed by atoms with Crippen molar-refractivity contribution in [2.75, 3.05) is 6.26 Å². The Labute approximate surface area is 75.0 Å². The van der Waals surface area contributed by atoms with Gasteiger partial charge in [0.2, 0.25) is 0 Å². The number of benzene rings is 1. The summed E-state index contributed by atoms with van der Waals surface area (Å²) in [4.78, 5) is 11.2. The molecule has 1 nitrogen and oxygen atoms in total. The molecule has 0 N–H and O–H groups in total. The molecule has 0 aromatic heterocycles. The van der Waals surface area contributed by atoms with E-state index in [0.717, 1.165) is 5.56 Å². The van der Waals surface area contributed by atoms with Gasteiger partial charge in [-0.25, -0.2) is 4.39 Å². The van der Waals surface area contributed by atoms with Crippen molar-refractivity contribution in [3.05, 3.63) is 29.1 Å². The summed E-state index contributed by atoms with van der Waals surface area (Å²) >= 11 is 1.38. The Kier molecular flexibility index (Phi) is 2.87. The molecule has 0 unspecified atom stereocenters. The molecule has 1 rings (SSSR count). The fourth-order valence-electron chi connectivity index (χ4n) is 1.00. The van der Waals surface area contributed by atoms with E-state index in [1.54, 1.807) is 13.0 Å². The zero-order valence-electron chi connectivity index (χ0n) is 6.93. The van der Waals surface area contributed by atoms with Crippen molar-refractivity contribution < 1.29 is 9.18 Å². The summed E-state index contributed by atoms with van der Waals surface area (Å²) in [7, 11) is 0. The molecule has 0 aliphatic rings. The van der Waals surface area contributed by atoms with Crippen LogP contribution in [0.2, 0.25) is 0 Å². The van der Waals surface area contributed by atoms with E-state index in [-0.39, 0.29) is 5.56 Å². The van der Waals surface area contributed by atoms with E-state index in [1.165, 1.54) is 17.8 Å². The number of hydrogen-bond acceptors (Lipinski definition) is 2. The summed E-state index contributed by atoms with van der Waals surface area (Å²) in [6, 6.07) is 3.17. The standard InChI is InChI=1S/C9H9FOS/c1-6-3-8(10)7(5-11)9(4-6)12-2/h3-5H,1-2H3. The molecule has 3 heteroatoms. The van der Waals surface area contributed by atoms with Gasteiger partial charge in [-0.05, 0) is 30.9 Å². The quantitative estimate of drug-likeness (QED) is 0.519. The molecular formula is C9H9FOS. The largest absolute Gasteiger partial charge is 0.298 e. The van der Waals surface area contributed by atoms with Crippen LogP contribution in [-0.4, -0.2) is 12.5 Å². The predicted octanol–water partition coefficient (Wildman–Crippen LogP) is 2.67. The second-order valence-electron chi connectivity index (χ2n) is 2.48. The molecule has 64 valence electrons. The molecule has 0 fully saturated rings. The minimum absolute atomic E-state index is 0.160. The molecular weight excluding hydrogens is 175 g/mol. The first-order valence-electron chi connectivity index (χ1n) is 3.48. The number of thioether (sulfide) groups is 1. The van der Waals surface area contributed by atoms with Gasteiger partial charge in [0.05, 0.1) is 5.56 Å². The van der Waals surface area contributed by atoms with E-state index >= 15 is 0 Å². The molecule has 12 heavy (non-hydrogen) atoms. The average Bonchev–Trinajstić information content (AvgIpc) is 2.03. The van der Waals surface area contributed by atoms with Crippen LogP contribution in [-0.2, 0) is 0 Å². The zero-order chi connectivity index (χ0) is 9.14. The second-order valence-corrected chi connectivity index (χ2v) is 3.33. The van der Waals surface area contributed by atoms with Crippen molar-refractivity contribution in [2.45, 2.75) is 11.8 Å². The van der Waals surface area contributed by atoms with Gasteiger partial charge >= 0.3 is 0 Å². The van der Waals surface area contributed by atoms with Crippen LogP contribution in [0.5, 0.6) is 0 Å². The highest BCUT2D eigenvalue weighted by Crippen LogP contribution is 2.22. The van der Waals surface area contributed by atoms with Gasteiger partial charge in [0.1, 0.15) is 5.82 Å². The highest BCUT2D eigenvalue weighted by molar-refractivity contribution is 7.98. The SMILES string of the molecule is CSc1cc(C)cc(F)c1C=O. The minimum atomic E-state index is -0.436. The molecule has 0 spiro atoms. The number of rotatable bonds is 2. The molecule has 0 heterocycles. The maximum absolute atomic E-state index is 13.1. The fourth-order valence-corrected chi connectivity index (χ4v) is 1.67. The maximum atomic E-state index is 13.1. The van der Waals surface area contributed by atoms with Gasteiger partial charge < -0.3 is 0 Å². The van der Waals surface area contributed by atoms with Crippen LogP contribution in [0.15, 0.2) is 17.0 Å². The van der Waals surface area contributed by atoms with E-state index < -0.39 is 5.82 Å². The molecule has 0 aliphatic carbocycles. The topological polar surface area (TPSA) is 17.1 Å². The first kappa shape index (κ1) is 9.26. The first-order valence-corrected chi connectivity index (χ1v) is 4.71. The highest BCUT2D eigenvalue weighted by Gasteiger charge is 2.07. The number of aryl methyl sites for hydroxylation is 1. The van der Waals surface area contributed by atoms with Crippen LogP contribution in [0.3, 0.4) is 0 Å². The van der Waals surface area contributed by atoms with Crippen LogP contribution in [0.25, 0.3) is 0 Å².